The summed E-state index contributed by atoms with van der Waals surface area (Å²) in [5.74, 6) is 2.37. The number of rotatable bonds is 5. The molecule has 1 aliphatic carbocycles. The van der Waals surface area contributed by atoms with Gasteiger partial charge in [0.1, 0.15) is 11.5 Å². The summed E-state index contributed by atoms with van der Waals surface area (Å²) in [6, 6.07) is 3.92. The third-order valence-electron chi connectivity index (χ3n) is 4.11. The van der Waals surface area contributed by atoms with Gasteiger partial charge in [-0.15, -0.1) is 11.6 Å². The van der Waals surface area contributed by atoms with Crippen molar-refractivity contribution < 1.29 is 9.47 Å². The summed E-state index contributed by atoms with van der Waals surface area (Å²) in [7, 11) is 3.35. The molecule has 4 heteroatoms. The van der Waals surface area contributed by atoms with Crippen molar-refractivity contribution >= 4 is 27.5 Å². The molecule has 1 fully saturated rings. The maximum atomic E-state index is 6.65. The van der Waals surface area contributed by atoms with Crippen LogP contribution in [0.1, 0.15) is 49.5 Å². The zero-order valence-electron chi connectivity index (χ0n) is 12.1. The molecule has 20 heavy (non-hydrogen) atoms. The van der Waals surface area contributed by atoms with Crippen molar-refractivity contribution in [2.45, 2.75) is 43.9 Å². The maximum absolute atomic E-state index is 6.65. The van der Waals surface area contributed by atoms with E-state index in [-0.39, 0.29) is 5.38 Å². The summed E-state index contributed by atoms with van der Waals surface area (Å²) in [6.07, 6.45) is 7.68. The number of benzene rings is 1. The molecule has 1 atom stereocenters. The topological polar surface area (TPSA) is 18.5 Å². The number of halogens is 2. The van der Waals surface area contributed by atoms with E-state index >= 15 is 0 Å². The molecule has 2 rings (SSSR count). The van der Waals surface area contributed by atoms with Crippen LogP contribution in [-0.2, 0) is 0 Å². The zero-order chi connectivity index (χ0) is 14.5. The van der Waals surface area contributed by atoms with Crippen LogP contribution >= 0.6 is 27.5 Å². The fourth-order valence-corrected chi connectivity index (χ4v) is 3.88. The van der Waals surface area contributed by atoms with Crippen LogP contribution in [0.3, 0.4) is 0 Å². The van der Waals surface area contributed by atoms with E-state index in [1.54, 1.807) is 14.2 Å². The second-order valence-electron chi connectivity index (χ2n) is 5.44. The highest BCUT2D eigenvalue weighted by Crippen LogP contribution is 2.42. The molecule has 0 radical (unpaired) electrons. The molecule has 0 aliphatic heterocycles. The molecule has 1 aromatic carbocycles. The van der Waals surface area contributed by atoms with E-state index in [1.807, 2.05) is 12.1 Å². The van der Waals surface area contributed by atoms with Gasteiger partial charge in [-0.1, -0.05) is 32.1 Å². The predicted octanol–water partition coefficient (Wildman–Crippen LogP) is 5.72. The predicted molar refractivity (Wildman–Crippen MR) is 87.0 cm³/mol. The molecular formula is C16H22BrClO2. The van der Waals surface area contributed by atoms with Gasteiger partial charge in [0.25, 0.3) is 0 Å². The fourth-order valence-electron chi connectivity index (χ4n) is 2.97. The van der Waals surface area contributed by atoms with Gasteiger partial charge in [0.15, 0.2) is 0 Å². The summed E-state index contributed by atoms with van der Waals surface area (Å²) in [5.41, 5.74) is 1.03. The summed E-state index contributed by atoms with van der Waals surface area (Å²) < 4.78 is 11.7. The molecule has 1 aliphatic rings. The van der Waals surface area contributed by atoms with Crippen molar-refractivity contribution in [1.29, 1.82) is 0 Å². The van der Waals surface area contributed by atoms with Crippen molar-refractivity contribution in [3.63, 3.8) is 0 Å². The van der Waals surface area contributed by atoms with E-state index in [4.69, 9.17) is 21.1 Å². The Hall–Kier alpha value is -0.410. The number of hydrogen-bond acceptors (Lipinski definition) is 2. The molecule has 0 saturated heterocycles. The smallest absolute Gasteiger partial charge is 0.133 e. The molecule has 0 N–H and O–H groups in total. The molecule has 2 nitrogen and oxygen atoms in total. The number of alkyl halides is 1. The normalized spacial score (nSPS) is 17.8. The van der Waals surface area contributed by atoms with Crippen molar-refractivity contribution in [3.05, 3.63) is 22.2 Å². The summed E-state index contributed by atoms with van der Waals surface area (Å²) >= 11 is 10.1. The van der Waals surface area contributed by atoms with Crippen LogP contribution in [0.2, 0.25) is 0 Å². The average Bonchev–Trinajstić information content (AvgIpc) is 2.47. The maximum Gasteiger partial charge on any atom is 0.133 e. The highest BCUT2D eigenvalue weighted by molar-refractivity contribution is 9.10. The Labute approximate surface area is 134 Å². The van der Waals surface area contributed by atoms with E-state index in [2.05, 4.69) is 15.9 Å². The molecule has 1 aromatic rings. The van der Waals surface area contributed by atoms with E-state index in [9.17, 15) is 0 Å². The quantitative estimate of drug-likeness (QED) is 0.625. The third kappa shape index (κ3) is 3.82. The summed E-state index contributed by atoms with van der Waals surface area (Å²) in [5, 5.41) is -0.0185. The lowest BCUT2D eigenvalue weighted by Crippen LogP contribution is -2.09. The van der Waals surface area contributed by atoms with Crippen LogP contribution in [0.5, 0.6) is 11.5 Å². The molecular weight excluding hydrogens is 340 g/mol. The molecule has 0 heterocycles. The Morgan fingerprint density at radius 2 is 1.80 bits per heavy atom. The molecule has 0 amide bonds. The first kappa shape index (κ1) is 16.0. The van der Waals surface area contributed by atoms with Crippen LogP contribution in [-0.4, -0.2) is 14.2 Å². The molecule has 0 spiro atoms. The van der Waals surface area contributed by atoms with Gasteiger partial charge < -0.3 is 9.47 Å². The standard InChI is InChI=1S/C16H22BrClO2/c1-19-15-10-13(17)16(20-2)9-12(15)14(18)8-11-6-4-3-5-7-11/h9-11,14H,3-8H2,1-2H3. The van der Waals surface area contributed by atoms with Crippen molar-refractivity contribution in [2.75, 3.05) is 14.2 Å². The molecule has 112 valence electrons. The van der Waals surface area contributed by atoms with Gasteiger partial charge in [-0.3, -0.25) is 0 Å². The van der Waals surface area contributed by atoms with Crippen LogP contribution < -0.4 is 9.47 Å². The van der Waals surface area contributed by atoms with Crippen LogP contribution in [0, 0.1) is 5.92 Å². The summed E-state index contributed by atoms with van der Waals surface area (Å²) in [6.45, 7) is 0. The minimum absolute atomic E-state index is 0.0185. The lowest BCUT2D eigenvalue weighted by atomic mass is 9.85. The minimum Gasteiger partial charge on any atom is -0.496 e. The van der Waals surface area contributed by atoms with Gasteiger partial charge in [0.2, 0.25) is 0 Å². The first-order chi connectivity index (χ1) is 9.65. The van der Waals surface area contributed by atoms with Crippen LogP contribution in [0.25, 0.3) is 0 Å². The highest BCUT2D eigenvalue weighted by atomic mass is 79.9. The van der Waals surface area contributed by atoms with Crippen molar-refractivity contribution in [3.8, 4) is 11.5 Å². The van der Waals surface area contributed by atoms with E-state index in [1.165, 1.54) is 32.1 Å². The van der Waals surface area contributed by atoms with Gasteiger partial charge in [0.05, 0.1) is 24.1 Å². The van der Waals surface area contributed by atoms with Gasteiger partial charge in [0, 0.05) is 5.56 Å². The largest absolute Gasteiger partial charge is 0.496 e. The van der Waals surface area contributed by atoms with Gasteiger partial charge in [-0.05, 0) is 40.4 Å². The third-order valence-corrected chi connectivity index (χ3v) is 5.14. The van der Waals surface area contributed by atoms with Gasteiger partial charge in [-0.2, -0.15) is 0 Å². The van der Waals surface area contributed by atoms with E-state index < -0.39 is 0 Å². The lowest BCUT2D eigenvalue weighted by Gasteiger charge is -2.25. The Morgan fingerprint density at radius 3 is 2.40 bits per heavy atom. The second-order valence-corrected chi connectivity index (χ2v) is 6.82. The molecule has 0 bridgehead atoms. The molecule has 1 saturated carbocycles. The monoisotopic (exact) mass is 360 g/mol. The molecule has 1 unspecified atom stereocenters. The van der Waals surface area contributed by atoms with Gasteiger partial charge >= 0.3 is 0 Å². The lowest BCUT2D eigenvalue weighted by molar-refractivity contribution is 0.332. The van der Waals surface area contributed by atoms with E-state index in [0.717, 1.165) is 33.9 Å². The highest BCUT2D eigenvalue weighted by Gasteiger charge is 2.22. The Bertz CT molecular complexity index is 444. The zero-order valence-corrected chi connectivity index (χ0v) is 14.5. The Balaban J connectivity index is 2.16. The van der Waals surface area contributed by atoms with Crippen LogP contribution in [0.15, 0.2) is 16.6 Å². The first-order valence-corrected chi connectivity index (χ1v) is 8.44. The Morgan fingerprint density at radius 1 is 1.15 bits per heavy atom. The number of ether oxygens (including phenoxy) is 2. The SMILES string of the molecule is COc1cc(C(Cl)CC2CCCCC2)c(OC)cc1Br. The van der Waals surface area contributed by atoms with Crippen molar-refractivity contribution in [2.24, 2.45) is 5.92 Å². The number of methoxy groups -OCH3 is 2. The average molecular weight is 362 g/mol. The fraction of sp³-hybridized carbons (Fsp3) is 0.625. The van der Waals surface area contributed by atoms with Crippen molar-refractivity contribution in [1.82, 2.24) is 0 Å². The van der Waals surface area contributed by atoms with E-state index in [0.29, 0.717) is 0 Å². The summed E-state index contributed by atoms with van der Waals surface area (Å²) in [4.78, 5) is 0. The Kier molecular flexibility index (Phi) is 6.03. The minimum atomic E-state index is -0.0185. The molecule has 0 aromatic heterocycles. The van der Waals surface area contributed by atoms with Crippen LogP contribution in [0.4, 0.5) is 0 Å². The van der Waals surface area contributed by atoms with Gasteiger partial charge in [-0.25, -0.2) is 0 Å². The number of hydrogen-bond donors (Lipinski definition) is 0. The first-order valence-electron chi connectivity index (χ1n) is 7.21. The second kappa shape index (κ2) is 7.56.